The van der Waals surface area contributed by atoms with Crippen molar-refractivity contribution in [2.45, 2.75) is 39.5 Å². The fourth-order valence-electron chi connectivity index (χ4n) is 2.75. The summed E-state index contributed by atoms with van der Waals surface area (Å²) in [5, 5.41) is 7.89. The molecule has 0 bridgehead atoms. The Morgan fingerprint density at radius 2 is 1.88 bits per heavy atom. The van der Waals surface area contributed by atoms with Crippen LogP contribution in [-0.4, -0.2) is 23.3 Å². The van der Waals surface area contributed by atoms with Gasteiger partial charge in [-0.1, -0.05) is 52.0 Å². The zero-order valence-electron chi connectivity index (χ0n) is 15.6. The molecule has 0 aliphatic heterocycles. The summed E-state index contributed by atoms with van der Waals surface area (Å²) in [5.41, 5.74) is 3.24. The van der Waals surface area contributed by atoms with Crippen molar-refractivity contribution in [2.24, 2.45) is 11.8 Å². The molecular formula is C20H25N3O2S. The van der Waals surface area contributed by atoms with Crippen LogP contribution < -0.4 is 10.6 Å². The number of hydrogen-bond donors (Lipinski definition) is 2. The summed E-state index contributed by atoms with van der Waals surface area (Å²) in [6.45, 7) is 8.57. The Balaban J connectivity index is 1.55. The smallest absolute Gasteiger partial charge is 0.245 e. The molecule has 6 heteroatoms. The van der Waals surface area contributed by atoms with Crippen LogP contribution in [0.5, 0.6) is 0 Å². The molecule has 1 aromatic carbocycles. The minimum atomic E-state index is -0.254. The molecule has 26 heavy (non-hydrogen) atoms. The van der Waals surface area contributed by atoms with E-state index in [1.54, 1.807) is 0 Å². The maximum Gasteiger partial charge on any atom is 0.245 e. The summed E-state index contributed by atoms with van der Waals surface area (Å²) >= 11 is 1.38. The molecule has 0 saturated heterocycles. The van der Waals surface area contributed by atoms with Gasteiger partial charge in [0.2, 0.25) is 11.8 Å². The second-order valence-electron chi connectivity index (χ2n) is 7.95. The first kappa shape index (κ1) is 18.6. The topological polar surface area (TPSA) is 71.1 Å². The number of hydrogen-bond acceptors (Lipinski definition) is 4. The standard InChI is InChI=1S/C20H25N3O2S/c1-12-9-15(12)18(25)21-10-17(24)23-19-22-16(11-26-19)13-5-7-14(8-6-13)20(2,3)4/h5-8,11-12,15H,9-10H2,1-4H3,(H,21,25)(H,22,23,24)/t12-,15-/m0/s1. The van der Waals surface area contributed by atoms with E-state index in [-0.39, 0.29) is 29.7 Å². The van der Waals surface area contributed by atoms with Crippen LogP contribution in [0, 0.1) is 11.8 Å². The lowest BCUT2D eigenvalue weighted by Gasteiger charge is -2.18. The zero-order chi connectivity index (χ0) is 18.9. The quantitative estimate of drug-likeness (QED) is 0.839. The lowest BCUT2D eigenvalue weighted by atomic mass is 9.86. The molecule has 2 aromatic rings. The van der Waals surface area contributed by atoms with Crippen molar-refractivity contribution in [1.29, 1.82) is 0 Å². The van der Waals surface area contributed by atoms with E-state index in [4.69, 9.17) is 0 Å². The van der Waals surface area contributed by atoms with Crippen LogP contribution in [-0.2, 0) is 15.0 Å². The minimum absolute atomic E-state index is 0.0166. The van der Waals surface area contributed by atoms with Crippen LogP contribution >= 0.6 is 11.3 Å². The van der Waals surface area contributed by atoms with Gasteiger partial charge in [-0.25, -0.2) is 4.98 Å². The fraction of sp³-hybridized carbons (Fsp3) is 0.450. The monoisotopic (exact) mass is 371 g/mol. The number of thiazole rings is 1. The van der Waals surface area contributed by atoms with Gasteiger partial charge in [0.1, 0.15) is 0 Å². The number of amides is 2. The van der Waals surface area contributed by atoms with E-state index in [1.165, 1.54) is 16.9 Å². The molecule has 1 aliphatic rings. The molecule has 0 spiro atoms. The van der Waals surface area contributed by atoms with Crippen LogP contribution in [0.15, 0.2) is 29.6 Å². The zero-order valence-corrected chi connectivity index (χ0v) is 16.4. The Labute approximate surface area is 158 Å². The van der Waals surface area contributed by atoms with Gasteiger partial charge in [-0.15, -0.1) is 11.3 Å². The summed E-state index contributed by atoms with van der Waals surface area (Å²) in [6, 6.07) is 8.33. The second kappa shape index (κ2) is 7.19. The number of benzene rings is 1. The van der Waals surface area contributed by atoms with Crippen molar-refractivity contribution >= 4 is 28.3 Å². The lowest BCUT2D eigenvalue weighted by Crippen LogP contribution is -2.34. The van der Waals surface area contributed by atoms with E-state index in [0.29, 0.717) is 11.0 Å². The number of aromatic nitrogens is 1. The van der Waals surface area contributed by atoms with Crippen LogP contribution in [0.2, 0.25) is 0 Å². The van der Waals surface area contributed by atoms with Crippen molar-refractivity contribution in [3.05, 3.63) is 35.2 Å². The number of carbonyl (C=O) groups excluding carboxylic acids is 2. The molecule has 1 aromatic heterocycles. The van der Waals surface area contributed by atoms with Gasteiger partial charge in [-0.3, -0.25) is 9.59 Å². The summed E-state index contributed by atoms with van der Waals surface area (Å²) < 4.78 is 0. The third-order valence-corrected chi connectivity index (χ3v) is 5.42. The van der Waals surface area contributed by atoms with E-state index < -0.39 is 0 Å². The predicted octanol–water partition coefficient (Wildman–Crippen LogP) is 3.82. The third kappa shape index (κ3) is 4.49. The molecule has 1 heterocycles. The predicted molar refractivity (Wildman–Crippen MR) is 105 cm³/mol. The van der Waals surface area contributed by atoms with Gasteiger partial charge < -0.3 is 10.6 Å². The van der Waals surface area contributed by atoms with E-state index in [1.807, 2.05) is 12.3 Å². The Hall–Kier alpha value is -2.21. The van der Waals surface area contributed by atoms with Crippen LogP contribution in [0.4, 0.5) is 5.13 Å². The average molecular weight is 372 g/mol. The van der Waals surface area contributed by atoms with E-state index in [2.05, 4.69) is 60.7 Å². The SMILES string of the molecule is C[C@H]1C[C@@H]1C(=O)NCC(=O)Nc1nc(-c2ccc(C(C)(C)C)cc2)cs1. The Kier molecular flexibility index (Phi) is 5.14. The molecule has 2 N–H and O–H groups in total. The first-order chi connectivity index (χ1) is 12.2. The molecule has 2 amide bonds. The first-order valence-electron chi connectivity index (χ1n) is 8.88. The van der Waals surface area contributed by atoms with Crippen molar-refractivity contribution < 1.29 is 9.59 Å². The molecule has 3 rings (SSSR count). The van der Waals surface area contributed by atoms with Gasteiger partial charge in [-0.05, 0) is 23.3 Å². The van der Waals surface area contributed by atoms with Gasteiger partial charge in [-0.2, -0.15) is 0 Å². The van der Waals surface area contributed by atoms with Crippen LogP contribution in [0.25, 0.3) is 11.3 Å². The second-order valence-corrected chi connectivity index (χ2v) is 8.81. The highest BCUT2D eigenvalue weighted by atomic mass is 32.1. The highest BCUT2D eigenvalue weighted by Crippen LogP contribution is 2.37. The Morgan fingerprint density at radius 1 is 1.23 bits per heavy atom. The van der Waals surface area contributed by atoms with Crippen molar-refractivity contribution in [3.63, 3.8) is 0 Å². The lowest BCUT2D eigenvalue weighted by molar-refractivity contribution is -0.125. The molecular weight excluding hydrogens is 346 g/mol. The van der Waals surface area contributed by atoms with Gasteiger partial charge in [0.05, 0.1) is 12.2 Å². The first-order valence-corrected chi connectivity index (χ1v) is 9.76. The number of rotatable bonds is 5. The summed E-state index contributed by atoms with van der Waals surface area (Å²) in [5.74, 6) is 0.219. The summed E-state index contributed by atoms with van der Waals surface area (Å²) in [4.78, 5) is 28.2. The van der Waals surface area contributed by atoms with E-state index >= 15 is 0 Å². The average Bonchev–Trinajstić information content (AvgIpc) is 3.14. The maximum absolute atomic E-state index is 12.0. The molecule has 0 unspecified atom stereocenters. The maximum atomic E-state index is 12.0. The van der Waals surface area contributed by atoms with Crippen molar-refractivity contribution in [3.8, 4) is 11.3 Å². The number of anilines is 1. The van der Waals surface area contributed by atoms with Crippen molar-refractivity contribution in [1.82, 2.24) is 10.3 Å². The minimum Gasteiger partial charge on any atom is -0.347 e. The molecule has 2 atom stereocenters. The molecule has 5 nitrogen and oxygen atoms in total. The van der Waals surface area contributed by atoms with Gasteiger partial charge in [0, 0.05) is 16.9 Å². The third-order valence-electron chi connectivity index (χ3n) is 4.67. The summed E-state index contributed by atoms with van der Waals surface area (Å²) in [6.07, 6.45) is 0.914. The fourth-order valence-corrected chi connectivity index (χ4v) is 3.49. The summed E-state index contributed by atoms with van der Waals surface area (Å²) in [7, 11) is 0. The Morgan fingerprint density at radius 3 is 2.46 bits per heavy atom. The van der Waals surface area contributed by atoms with Gasteiger partial charge in [0.15, 0.2) is 5.13 Å². The normalized spacial score (nSPS) is 19.1. The Bertz CT molecular complexity index is 805. The van der Waals surface area contributed by atoms with E-state index in [9.17, 15) is 9.59 Å². The highest BCUT2D eigenvalue weighted by Gasteiger charge is 2.38. The number of carbonyl (C=O) groups is 2. The molecule has 0 radical (unpaired) electrons. The number of nitrogens with one attached hydrogen (secondary N) is 2. The molecule has 138 valence electrons. The van der Waals surface area contributed by atoms with Crippen LogP contribution in [0.1, 0.15) is 39.7 Å². The van der Waals surface area contributed by atoms with Gasteiger partial charge >= 0.3 is 0 Å². The van der Waals surface area contributed by atoms with Crippen LogP contribution in [0.3, 0.4) is 0 Å². The van der Waals surface area contributed by atoms with Crippen molar-refractivity contribution in [2.75, 3.05) is 11.9 Å². The highest BCUT2D eigenvalue weighted by molar-refractivity contribution is 7.14. The molecule has 1 aliphatic carbocycles. The number of nitrogens with zero attached hydrogens (tertiary/aromatic N) is 1. The van der Waals surface area contributed by atoms with E-state index in [0.717, 1.165) is 17.7 Å². The molecule has 1 fully saturated rings. The largest absolute Gasteiger partial charge is 0.347 e. The van der Waals surface area contributed by atoms with Gasteiger partial charge in [0.25, 0.3) is 0 Å². The molecule has 1 saturated carbocycles.